The first-order valence-electron chi connectivity index (χ1n) is 5.52. The first-order chi connectivity index (χ1) is 8.00. The van der Waals surface area contributed by atoms with E-state index in [2.05, 4.69) is 108 Å². The summed E-state index contributed by atoms with van der Waals surface area (Å²) < 4.78 is 0.0108. The maximum Gasteiger partial charge on any atom is 0.123 e. The van der Waals surface area contributed by atoms with Crippen molar-refractivity contribution in [1.29, 1.82) is 0 Å². The summed E-state index contributed by atoms with van der Waals surface area (Å²) in [6.45, 7) is 4.25. The second kappa shape index (κ2) is 5.26. The summed E-state index contributed by atoms with van der Waals surface area (Å²) in [6.07, 6.45) is 0. The van der Waals surface area contributed by atoms with Gasteiger partial charge in [-0.3, -0.25) is 0 Å². The second-order valence-electron chi connectivity index (χ2n) is 4.31. The zero-order chi connectivity index (χ0) is 12.5. The smallest absolute Gasteiger partial charge is 0.0590 e. The largest absolute Gasteiger partial charge is 0.123 e. The molecule has 0 fully saturated rings. The van der Waals surface area contributed by atoms with E-state index in [0.29, 0.717) is 0 Å². The van der Waals surface area contributed by atoms with E-state index in [1.807, 2.05) is 0 Å². The third kappa shape index (κ3) is 3.02. The Labute approximate surface area is 130 Å². The quantitative estimate of drug-likeness (QED) is 0.428. The van der Waals surface area contributed by atoms with Crippen molar-refractivity contribution in [3.05, 3.63) is 70.8 Å². The number of hydrogen-bond donors (Lipinski definition) is 0. The van der Waals surface area contributed by atoms with Crippen molar-refractivity contribution in [3.8, 4) is 0 Å². The van der Waals surface area contributed by atoms with Crippen LogP contribution in [-0.2, 0) is 1.43 Å². The highest BCUT2D eigenvalue weighted by molar-refractivity contribution is 14.2. The van der Waals surface area contributed by atoms with Crippen LogP contribution in [0.25, 0.3) is 0 Å². The molecule has 0 saturated heterocycles. The average Bonchev–Trinajstić information content (AvgIpc) is 2.30. The van der Waals surface area contributed by atoms with Crippen molar-refractivity contribution < 1.29 is 0 Å². The summed E-state index contributed by atoms with van der Waals surface area (Å²) in [7, 11) is 0. The molecule has 88 valence electrons. The number of hydrogen-bond acceptors (Lipinski definition) is 0. The zero-order valence-electron chi connectivity index (χ0n) is 9.87. The third-order valence-corrected chi connectivity index (χ3v) is 5.32. The van der Waals surface area contributed by atoms with Crippen LogP contribution in [0.1, 0.15) is 22.3 Å². The SMILES string of the molecule is Cc1ccc(C(I)(I)c2ccc(C)cc2)cc1. The highest BCUT2D eigenvalue weighted by Crippen LogP contribution is 2.45. The van der Waals surface area contributed by atoms with Gasteiger partial charge in [0.1, 0.15) is 1.43 Å². The Morgan fingerprint density at radius 3 is 1.24 bits per heavy atom. The summed E-state index contributed by atoms with van der Waals surface area (Å²) in [5, 5.41) is 0. The van der Waals surface area contributed by atoms with E-state index in [0.717, 1.165) is 0 Å². The lowest BCUT2D eigenvalue weighted by Gasteiger charge is -2.22. The molecule has 0 atom stereocenters. The topological polar surface area (TPSA) is 0 Å². The molecule has 0 amide bonds. The Hall–Kier alpha value is -0.100. The van der Waals surface area contributed by atoms with Gasteiger partial charge in [-0.2, -0.15) is 0 Å². The van der Waals surface area contributed by atoms with Gasteiger partial charge in [0.05, 0.1) is 0 Å². The van der Waals surface area contributed by atoms with Crippen molar-refractivity contribution in [2.75, 3.05) is 0 Å². The van der Waals surface area contributed by atoms with E-state index < -0.39 is 0 Å². The molecule has 2 aromatic rings. The lowest BCUT2D eigenvalue weighted by atomic mass is 10.0. The van der Waals surface area contributed by atoms with Crippen LogP contribution in [0, 0.1) is 13.8 Å². The molecule has 0 aromatic heterocycles. The third-order valence-electron chi connectivity index (χ3n) is 2.83. The van der Waals surface area contributed by atoms with Gasteiger partial charge >= 0.3 is 0 Å². The molecule has 0 bridgehead atoms. The molecule has 0 spiro atoms. The molecule has 0 nitrogen and oxygen atoms in total. The Morgan fingerprint density at radius 2 is 0.941 bits per heavy atom. The lowest BCUT2D eigenvalue weighted by molar-refractivity contribution is 1.15. The van der Waals surface area contributed by atoms with Crippen LogP contribution in [0.15, 0.2) is 48.5 Å². The number of benzene rings is 2. The summed E-state index contributed by atoms with van der Waals surface area (Å²) in [5.41, 5.74) is 5.30. The minimum Gasteiger partial charge on any atom is -0.0590 e. The van der Waals surface area contributed by atoms with Crippen molar-refractivity contribution in [2.45, 2.75) is 15.3 Å². The summed E-state index contributed by atoms with van der Waals surface area (Å²) >= 11 is 5.04. The first-order valence-corrected chi connectivity index (χ1v) is 7.68. The number of alkyl halides is 2. The molecule has 2 aromatic carbocycles. The number of rotatable bonds is 2. The fourth-order valence-electron chi connectivity index (χ4n) is 1.69. The van der Waals surface area contributed by atoms with Crippen LogP contribution in [0.5, 0.6) is 0 Å². The molecule has 2 heteroatoms. The Bertz CT molecular complexity index is 448. The van der Waals surface area contributed by atoms with Crippen molar-refractivity contribution in [2.24, 2.45) is 0 Å². The lowest BCUT2D eigenvalue weighted by Crippen LogP contribution is -2.10. The van der Waals surface area contributed by atoms with Gasteiger partial charge in [0.25, 0.3) is 0 Å². The van der Waals surface area contributed by atoms with Gasteiger partial charge < -0.3 is 0 Å². The molecule has 17 heavy (non-hydrogen) atoms. The molecule has 0 aliphatic carbocycles. The van der Waals surface area contributed by atoms with E-state index in [9.17, 15) is 0 Å². The second-order valence-corrected chi connectivity index (χ2v) is 9.61. The maximum atomic E-state index is 2.52. The molecule has 0 heterocycles. The van der Waals surface area contributed by atoms with Gasteiger partial charge in [-0.15, -0.1) is 0 Å². The molecule has 0 N–H and O–H groups in total. The Kier molecular flexibility index (Phi) is 4.13. The van der Waals surface area contributed by atoms with Crippen LogP contribution in [-0.4, -0.2) is 0 Å². The zero-order valence-corrected chi connectivity index (χ0v) is 14.2. The monoisotopic (exact) mass is 448 g/mol. The summed E-state index contributed by atoms with van der Waals surface area (Å²) in [5.74, 6) is 0. The van der Waals surface area contributed by atoms with Crippen LogP contribution < -0.4 is 0 Å². The normalized spacial score (nSPS) is 11.5. The van der Waals surface area contributed by atoms with E-state index in [-0.39, 0.29) is 1.43 Å². The average molecular weight is 448 g/mol. The number of halogens is 2. The van der Waals surface area contributed by atoms with Gasteiger partial charge in [-0.05, 0) is 25.0 Å². The fourth-order valence-corrected chi connectivity index (χ4v) is 3.13. The molecule has 0 unspecified atom stereocenters. The van der Waals surface area contributed by atoms with Gasteiger partial charge in [0.2, 0.25) is 0 Å². The van der Waals surface area contributed by atoms with E-state index >= 15 is 0 Å². The summed E-state index contributed by atoms with van der Waals surface area (Å²) in [4.78, 5) is 0. The highest BCUT2D eigenvalue weighted by Gasteiger charge is 2.26. The first kappa shape index (κ1) is 13.3. The van der Waals surface area contributed by atoms with Crippen molar-refractivity contribution in [3.63, 3.8) is 0 Å². The predicted molar refractivity (Wildman–Crippen MR) is 91.2 cm³/mol. The highest BCUT2D eigenvalue weighted by atomic mass is 127. The van der Waals surface area contributed by atoms with Gasteiger partial charge in [-0.25, -0.2) is 0 Å². The van der Waals surface area contributed by atoms with Crippen LogP contribution in [0.4, 0.5) is 0 Å². The maximum absolute atomic E-state index is 2.52. The Morgan fingerprint density at radius 1 is 0.647 bits per heavy atom. The predicted octanol–water partition coefficient (Wildman–Crippen LogP) is 5.37. The fraction of sp³-hybridized carbons (Fsp3) is 0.200. The number of aryl methyl sites for hydroxylation is 2. The van der Waals surface area contributed by atoms with Crippen molar-refractivity contribution in [1.82, 2.24) is 0 Å². The minimum absolute atomic E-state index is 0.0108. The van der Waals surface area contributed by atoms with Gasteiger partial charge in [-0.1, -0.05) is 105 Å². The van der Waals surface area contributed by atoms with E-state index in [1.54, 1.807) is 0 Å². The molecule has 0 aliphatic heterocycles. The molecule has 2 rings (SSSR count). The van der Waals surface area contributed by atoms with E-state index in [1.165, 1.54) is 22.3 Å². The Balaban J connectivity index is 2.41. The van der Waals surface area contributed by atoms with Crippen LogP contribution in [0.3, 0.4) is 0 Å². The van der Waals surface area contributed by atoms with Crippen LogP contribution in [0.2, 0.25) is 0 Å². The molecule has 0 saturated carbocycles. The molecular weight excluding hydrogens is 434 g/mol. The van der Waals surface area contributed by atoms with Gasteiger partial charge in [0.15, 0.2) is 0 Å². The molecule has 0 radical (unpaired) electrons. The molecule has 0 aliphatic rings. The van der Waals surface area contributed by atoms with Crippen molar-refractivity contribution >= 4 is 45.2 Å². The van der Waals surface area contributed by atoms with Crippen LogP contribution >= 0.6 is 45.2 Å². The standard InChI is InChI=1S/C15H14I2/c1-11-3-7-13(8-4-11)15(16,17)14-9-5-12(2)6-10-14/h3-10H,1-2H3. The summed E-state index contributed by atoms with van der Waals surface area (Å²) in [6, 6.07) is 17.6. The van der Waals surface area contributed by atoms with E-state index in [4.69, 9.17) is 0 Å². The van der Waals surface area contributed by atoms with Gasteiger partial charge in [0, 0.05) is 0 Å². The minimum atomic E-state index is 0.0108. The molecular formula is C15H14I2.